The van der Waals surface area contributed by atoms with Gasteiger partial charge < -0.3 is 8.83 Å². The van der Waals surface area contributed by atoms with Gasteiger partial charge in [0.05, 0.1) is 23.0 Å². The van der Waals surface area contributed by atoms with E-state index in [2.05, 4.69) is 15.5 Å². The highest BCUT2D eigenvalue weighted by molar-refractivity contribution is 6.13. The highest BCUT2D eigenvalue weighted by Gasteiger charge is 2.19. The third-order valence-corrected chi connectivity index (χ3v) is 5.69. The molecule has 0 radical (unpaired) electrons. The maximum atomic E-state index is 14.5. The summed E-state index contributed by atoms with van der Waals surface area (Å²) in [5.74, 6) is -0.298. The van der Waals surface area contributed by atoms with E-state index >= 15 is 0 Å². The van der Waals surface area contributed by atoms with Gasteiger partial charge in [-0.05, 0) is 42.0 Å². The Balaban J connectivity index is 1.45. The Labute approximate surface area is 204 Å². The van der Waals surface area contributed by atoms with Crippen LogP contribution in [0.15, 0.2) is 106 Å². The van der Waals surface area contributed by atoms with Crippen LogP contribution in [-0.4, -0.2) is 21.1 Å². The van der Waals surface area contributed by atoms with E-state index in [-0.39, 0.29) is 17.7 Å². The SMILES string of the molecule is O=C(Nc1nnc(-c2ccco2)o1)c1cc(-c2ccccc2)nc2ccc(-c3ccccc3F)cc12. The van der Waals surface area contributed by atoms with Crippen LogP contribution in [0.3, 0.4) is 0 Å². The molecule has 0 atom stereocenters. The number of hydrogen-bond acceptors (Lipinski definition) is 6. The van der Waals surface area contributed by atoms with Crippen molar-refractivity contribution in [1.29, 1.82) is 0 Å². The number of anilines is 1. The Morgan fingerprint density at radius 1 is 0.833 bits per heavy atom. The molecule has 0 spiro atoms. The molecule has 3 heterocycles. The maximum Gasteiger partial charge on any atom is 0.322 e. The molecule has 36 heavy (non-hydrogen) atoms. The lowest BCUT2D eigenvalue weighted by atomic mass is 9.98. The summed E-state index contributed by atoms with van der Waals surface area (Å²) in [6.45, 7) is 0. The van der Waals surface area contributed by atoms with Gasteiger partial charge in [-0.2, -0.15) is 0 Å². The minimum absolute atomic E-state index is 0.0807. The Kier molecular flexibility index (Phi) is 5.31. The molecular weight excluding hydrogens is 459 g/mol. The molecule has 6 aromatic rings. The van der Waals surface area contributed by atoms with Crippen LogP contribution < -0.4 is 5.32 Å². The quantitative estimate of drug-likeness (QED) is 0.301. The zero-order valence-electron chi connectivity index (χ0n) is 18.7. The van der Waals surface area contributed by atoms with Crippen LogP contribution in [-0.2, 0) is 0 Å². The number of fused-ring (bicyclic) bond motifs is 1. The number of amides is 1. The number of rotatable bonds is 5. The van der Waals surface area contributed by atoms with Crippen LogP contribution in [0.1, 0.15) is 10.4 Å². The Bertz CT molecular complexity index is 1700. The van der Waals surface area contributed by atoms with E-state index in [9.17, 15) is 9.18 Å². The average Bonchev–Trinajstić information content (AvgIpc) is 3.61. The fourth-order valence-electron chi connectivity index (χ4n) is 3.97. The summed E-state index contributed by atoms with van der Waals surface area (Å²) in [5.41, 5.74) is 3.44. The lowest BCUT2D eigenvalue weighted by Gasteiger charge is -2.11. The first-order chi connectivity index (χ1) is 17.7. The van der Waals surface area contributed by atoms with Crippen molar-refractivity contribution < 1.29 is 18.0 Å². The van der Waals surface area contributed by atoms with Crippen molar-refractivity contribution in [3.63, 3.8) is 0 Å². The number of pyridine rings is 1. The van der Waals surface area contributed by atoms with E-state index in [0.29, 0.717) is 39.0 Å². The molecule has 0 aliphatic rings. The van der Waals surface area contributed by atoms with E-state index in [0.717, 1.165) is 5.56 Å². The number of hydrogen-bond donors (Lipinski definition) is 1. The zero-order chi connectivity index (χ0) is 24.5. The molecule has 0 aliphatic heterocycles. The number of furan rings is 1. The standard InChI is InChI=1S/C28H17FN4O3/c29-22-10-5-4-9-19(22)18-12-13-23-20(15-18)21(16-24(30-23)17-7-2-1-3-8-17)26(34)31-28-33-32-27(36-28)25-11-6-14-35-25/h1-16H,(H,31,33,34). The molecule has 3 aromatic heterocycles. The number of carbonyl (C=O) groups is 1. The lowest BCUT2D eigenvalue weighted by Crippen LogP contribution is -2.13. The van der Waals surface area contributed by atoms with Crippen LogP contribution in [0.4, 0.5) is 10.4 Å². The molecular formula is C28H17FN4O3. The van der Waals surface area contributed by atoms with Gasteiger partial charge >= 0.3 is 6.01 Å². The van der Waals surface area contributed by atoms with Crippen molar-refractivity contribution in [2.24, 2.45) is 0 Å². The molecule has 0 saturated heterocycles. The van der Waals surface area contributed by atoms with Crippen LogP contribution in [0.2, 0.25) is 0 Å². The number of benzene rings is 3. The van der Waals surface area contributed by atoms with Crippen molar-refractivity contribution >= 4 is 22.8 Å². The third-order valence-electron chi connectivity index (χ3n) is 5.69. The minimum Gasteiger partial charge on any atom is -0.459 e. The molecule has 1 N–H and O–H groups in total. The van der Waals surface area contributed by atoms with Crippen LogP contribution in [0.5, 0.6) is 0 Å². The van der Waals surface area contributed by atoms with Crippen LogP contribution >= 0.6 is 0 Å². The summed E-state index contributed by atoms with van der Waals surface area (Å²) in [7, 11) is 0. The molecule has 0 aliphatic carbocycles. The normalized spacial score (nSPS) is 11.0. The van der Waals surface area contributed by atoms with Gasteiger partial charge in [-0.3, -0.25) is 10.1 Å². The fraction of sp³-hybridized carbons (Fsp3) is 0. The number of carbonyl (C=O) groups excluding carboxylic acids is 1. The van der Waals surface area contributed by atoms with Gasteiger partial charge in [0.25, 0.3) is 11.8 Å². The van der Waals surface area contributed by atoms with E-state index < -0.39 is 5.91 Å². The van der Waals surface area contributed by atoms with Crippen molar-refractivity contribution in [2.45, 2.75) is 0 Å². The smallest absolute Gasteiger partial charge is 0.322 e. The second-order valence-electron chi connectivity index (χ2n) is 7.98. The summed E-state index contributed by atoms with van der Waals surface area (Å²) in [5, 5.41) is 11.0. The summed E-state index contributed by atoms with van der Waals surface area (Å²) in [6, 6.07) is 26.3. The second kappa shape index (κ2) is 8.92. The van der Waals surface area contributed by atoms with Gasteiger partial charge in [-0.1, -0.05) is 59.7 Å². The predicted octanol–water partition coefficient (Wildman–Crippen LogP) is 6.60. The summed E-state index contributed by atoms with van der Waals surface area (Å²) < 4.78 is 25.3. The van der Waals surface area contributed by atoms with Crippen molar-refractivity contribution in [2.75, 3.05) is 5.32 Å². The van der Waals surface area contributed by atoms with Crippen LogP contribution in [0, 0.1) is 5.82 Å². The van der Waals surface area contributed by atoms with Crippen molar-refractivity contribution in [3.8, 4) is 34.0 Å². The van der Waals surface area contributed by atoms with Gasteiger partial charge in [0, 0.05) is 16.5 Å². The van der Waals surface area contributed by atoms with Crippen molar-refractivity contribution in [1.82, 2.24) is 15.2 Å². The molecule has 0 bridgehead atoms. The highest BCUT2D eigenvalue weighted by Crippen LogP contribution is 2.31. The van der Waals surface area contributed by atoms with Crippen molar-refractivity contribution in [3.05, 3.63) is 109 Å². The fourth-order valence-corrected chi connectivity index (χ4v) is 3.97. The summed E-state index contributed by atoms with van der Waals surface area (Å²) >= 11 is 0. The topological polar surface area (TPSA) is 94.1 Å². The lowest BCUT2D eigenvalue weighted by molar-refractivity contribution is 0.102. The van der Waals surface area contributed by atoms with Gasteiger partial charge in [0.2, 0.25) is 0 Å². The Morgan fingerprint density at radius 2 is 1.67 bits per heavy atom. The second-order valence-corrected chi connectivity index (χ2v) is 7.98. The maximum absolute atomic E-state index is 14.5. The van der Waals surface area contributed by atoms with E-state index in [4.69, 9.17) is 13.8 Å². The van der Waals surface area contributed by atoms with Gasteiger partial charge in [0.1, 0.15) is 5.82 Å². The van der Waals surface area contributed by atoms with Gasteiger partial charge in [-0.25, -0.2) is 9.37 Å². The van der Waals surface area contributed by atoms with Gasteiger partial charge in [-0.15, -0.1) is 5.10 Å². The molecule has 174 valence electrons. The third kappa shape index (κ3) is 4.01. The molecule has 6 rings (SSSR count). The summed E-state index contributed by atoms with van der Waals surface area (Å²) in [6.07, 6.45) is 1.49. The number of aromatic nitrogens is 3. The van der Waals surface area contributed by atoms with E-state index in [1.54, 1.807) is 54.6 Å². The molecule has 7 nitrogen and oxygen atoms in total. The predicted molar refractivity (Wildman–Crippen MR) is 133 cm³/mol. The average molecular weight is 476 g/mol. The summed E-state index contributed by atoms with van der Waals surface area (Å²) in [4.78, 5) is 18.2. The van der Waals surface area contributed by atoms with Crippen LogP contribution in [0.25, 0.3) is 44.9 Å². The largest absolute Gasteiger partial charge is 0.459 e. The highest BCUT2D eigenvalue weighted by atomic mass is 19.1. The first-order valence-electron chi connectivity index (χ1n) is 11.1. The number of halogens is 1. The first-order valence-corrected chi connectivity index (χ1v) is 11.1. The molecule has 1 amide bonds. The number of nitrogens with one attached hydrogen (secondary N) is 1. The van der Waals surface area contributed by atoms with E-state index in [1.807, 2.05) is 30.3 Å². The molecule has 3 aromatic carbocycles. The monoisotopic (exact) mass is 476 g/mol. The Morgan fingerprint density at radius 3 is 2.47 bits per heavy atom. The Hall–Kier alpha value is -5.11. The molecule has 0 unspecified atom stereocenters. The molecule has 0 fully saturated rings. The molecule has 0 saturated carbocycles. The van der Waals surface area contributed by atoms with Gasteiger partial charge in [0.15, 0.2) is 5.76 Å². The minimum atomic E-state index is -0.472. The number of nitrogens with zero attached hydrogens (tertiary/aromatic N) is 3. The first kappa shape index (κ1) is 21.4. The zero-order valence-corrected chi connectivity index (χ0v) is 18.7. The molecule has 8 heteroatoms. The van der Waals surface area contributed by atoms with E-state index in [1.165, 1.54) is 12.3 Å².